The molecule has 9 N–H and O–H groups in total. The first-order valence-corrected chi connectivity index (χ1v) is 30.4. The lowest BCUT2D eigenvalue weighted by Gasteiger charge is -2.46. The lowest BCUT2D eigenvalue weighted by Crippen LogP contribution is -2.60. The highest BCUT2D eigenvalue weighted by Gasteiger charge is 2.40. The third-order valence-corrected chi connectivity index (χ3v) is 16.0. The predicted molar refractivity (Wildman–Crippen MR) is 351 cm³/mol. The van der Waals surface area contributed by atoms with E-state index in [2.05, 4.69) is 170 Å². The van der Waals surface area contributed by atoms with E-state index in [0.29, 0.717) is 69.2 Å². The molecule has 0 bridgehead atoms. The van der Waals surface area contributed by atoms with Gasteiger partial charge in [0.25, 0.3) is 0 Å². The van der Waals surface area contributed by atoms with E-state index in [0.717, 1.165) is 67.2 Å². The van der Waals surface area contributed by atoms with Crippen molar-refractivity contribution in [2.75, 3.05) is 23.1 Å². The molecule has 3 aliphatic heterocycles. The summed E-state index contributed by atoms with van der Waals surface area (Å²) < 4.78 is 6.98. The first kappa shape index (κ1) is 63.8. The molecule has 23 nitrogen and oxygen atoms in total. The highest BCUT2D eigenvalue weighted by atomic mass is 16.5. The zero-order chi connectivity index (χ0) is 64.2. The first-order valence-electron chi connectivity index (χ1n) is 30.4. The van der Waals surface area contributed by atoms with Crippen LogP contribution in [0.4, 0.5) is 17.5 Å². The van der Waals surface area contributed by atoms with Crippen molar-refractivity contribution >= 4 is 17.5 Å². The number of imidazole rings is 1. The van der Waals surface area contributed by atoms with E-state index in [1.165, 1.54) is 11.1 Å². The van der Waals surface area contributed by atoms with Gasteiger partial charge in [-0.1, -0.05) is 6.07 Å². The van der Waals surface area contributed by atoms with Crippen LogP contribution >= 0.6 is 0 Å². The van der Waals surface area contributed by atoms with Crippen molar-refractivity contribution in [2.24, 2.45) is 0 Å². The van der Waals surface area contributed by atoms with Crippen LogP contribution in [0.2, 0.25) is 0 Å². The van der Waals surface area contributed by atoms with Gasteiger partial charge in [-0.3, -0.25) is 15.0 Å². The summed E-state index contributed by atoms with van der Waals surface area (Å²) in [5.74, 6) is 3.07. The van der Waals surface area contributed by atoms with Crippen molar-refractivity contribution in [3.8, 4) is 79.5 Å². The van der Waals surface area contributed by atoms with Crippen molar-refractivity contribution in [3.05, 3.63) is 135 Å². The van der Waals surface area contributed by atoms with Crippen molar-refractivity contribution in [1.29, 1.82) is 0 Å². The minimum absolute atomic E-state index is 0.0496. The number of ether oxygens (including phenoxy) is 1. The van der Waals surface area contributed by atoms with Crippen molar-refractivity contribution in [3.63, 3.8) is 0 Å². The summed E-state index contributed by atoms with van der Waals surface area (Å²) in [6, 6.07) is 18.7. The molecule has 90 heavy (non-hydrogen) atoms. The minimum atomic E-state index is 0.0496. The van der Waals surface area contributed by atoms with E-state index in [-0.39, 0.29) is 50.5 Å². The second kappa shape index (κ2) is 25.7. The Morgan fingerprint density at radius 3 is 1.21 bits per heavy atom. The molecular formula is C67H85N19O4. The van der Waals surface area contributed by atoms with E-state index in [1.807, 2.05) is 41.1 Å². The van der Waals surface area contributed by atoms with Gasteiger partial charge in [0.1, 0.15) is 41.0 Å². The summed E-state index contributed by atoms with van der Waals surface area (Å²) in [5, 5.41) is 61.3. The number of piperidine rings is 3. The maximum absolute atomic E-state index is 10.6. The van der Waals surface area contributed by atoms with Crippen molar-refractivity contribution < 1.29 is 20.1 Å². The van der Waals surface area contributed by atoms with Crippen LogP contribution in [0, 0.1) is 0 Å². The Bertz CT molecular complexity index is 3640. The zero-order valence-electron chi connectivity index (χ0n) is 53.7. The number of aromatic hydroxyl groups is 3. The molecule has 0 radical (unpaired) electrons. The number of hydrogen-bond donors (Lipinski definition) is 9. The number of rotatable bonds is 13. The number of hydrogen-bond acceptors (Lipinski definition) is 21. The molecule has 0 amide bonds. The van der Waals surface area contributed by atoms with Gasteiger partial charge >= 0.3 is 0 Å². The molecule has 12 rings (SSSR count). The van der Waals surface area contributed by atoms with Crippen LogP contribution in [0.3, 0.4) is 0 Å². The number of benzene rings is 3. The summed E-state index contributed by atoms with van der Waals surface area (Å²) in [7, 11) is 1.55. The fraction of sp³-hybridized carbons (Fsp3) is 0.418. The third-order valence-electron chi connectivity index (χ3n) is 16.0. The zero-order valence-corrected chi connectivity index (χ0v) is 53.7. The molecule has 3 fully saturated rings. The molecule has 0 aliphatic carbocycles. The molecule has 3 saturated heterocycles. The molecule has 0 saturated carbocycles. The monoisotopic (exact) mass is 1220 g/mol. The molecule has 6 aromatic heterocycles. The largest absolute Gasteiger partial charge is 0.507 e. The molecule has 0 atom stereocenters. The number of nitrogens with zero attached hydrogens (tertiary/aromatic N) is 13. The second-order valence-corrected chi connectivity index (χ2v) is 27.7. The summed E-state index contributed by atoms with van der Waals surface area (Å²) in [5.41, 5.74) is 7.01. The number of phenolic OH excluding ortho intramolecular Hbond substituents is 3. The maximum atomic E-state index is 10.6. The molecule has 3 aromatic carbocycles. The van der Waals surface area contributed by atoms with Crippen LogP contribution < -0.4 is 36.6 Å². The third kappa shape index (κ3) is 16.5. The van der Waals surface area contributed by atoms with Gasteiger partial charge in [0.2, 0.25) is 5.88 Å². The van der Waals surface area contributed by atoms with Crippen molar-refractivity contribution in [1.82, 2.24) is 80.4 Å². The normalized spacial score (nSPS) is 18.2. The van der Waals surface area contributed by atoms with Gasteiger partial charge in [0.05, 0.1) is 97.2 Å². The Kier molecular flexibility index (Phi) is 18.2. The Morgan fingerprint density at radius 2 is 0.844 bits per heavy atom. The summed E-state index contributed by atoms with van der Waals surface area (Å²) >= 11 is 0. The number of anilines is 3. The average molecular weight is 1220 g/mol. The fourth-order valence-electron chi connectivity index (χ4n) is 13.6. The Hall–Kier alpha value is -9.19. The molecule has 0 unspecified atom stereocenters. The standard InChI is InChI=1S/C24H30N6O2.C22H28N6O.C21H27N7O/c1-23(2)10-16(11-24(3,4)30-23)29-21-13-25-19(12-26-21)17-7-6-15(8-20(17)31)18-9-22(32-5)28-14-27-18;1-21(2)10-15(11-22(3,4)27-21)26-20-13-24-18(12-25-20)17-6-5-16(9-19(17)29)28-8-7-23-14-28;1-20(2)10-14(11-21(3,4)27-20)26-19-13-22-17(12-23-19)16-6-5-15(9-18(16)29)28-24-7-8-25-28/h6-9,12-14,16,30-31H,10-11H2,1-5H3,(H,26,29);5-9,12-15,27,29H,10-11H2,1-4H3,(H,25,26);5-9,12-14,27,29H,10-11H2,1-4H3,(H,23,26). The molecule has 3 aliphatic rings. The molecule has 9 heterocycles. The van der Waals surface area contributed by atoms with E-state index < -0.39 is 0 Å². The lowest BCUT2D eigenvalue weighted by atomic mass is 9.79. The van der Waals surface area contributed by atoms with E-state index in [4.69, 9.17) is 4.74 Å². The number of aromatic nitrogens is 13. The fourth-order valence-corrected chi connectivity index (χ4v) is 13.6. The molecule has 472 valence electrons. The van der Waals surface area contributed by atoms with Gasteiger partial charge < -0.3 is 56.5 Å². The van der Waals surface area contributed by atoms with Gasteiger partial charge in [-0.25, -0.2) is 29.9 Å². The van der Waals surface area contributed by atoms with E-state index >= 15 is 0 Å². The molecule has 9 aromatic rings. The smallest absolute Gasteiger partial charge is 0.216 e. The highest BCUT2D eigenvalue weighted by Crippen LogP contribution is 2.37. The Balaban J connectivity index is 0.000000149. The van der Waals surface area contributed by atoms with Crippen LogP contribution in [0.25, 0.3) is 56.4 Å². The minimum Gasteiger partial charge on any atom is -0.507 e. The van der Waals surface area contributed by atoms with Crippen LogP contribution in [0.1, 0.15) is 122 Å². The van der Waals surface area contributed by atoms with Crippen LogP contribution in [0.15, 0.2) is 135 Å². The van der Waals surface area contributed by atoms with Gasteiger partial charge in [-0.15, -0.1) is 0 Å². The van der Waals surface area contributed by atoms with E-state index in [9.17, 15) is 15.3 Å². The number of phenols is 3. The van der Waals surface area contributed by atoms with Crippen molar-refractivity contribution in [2.45, 2.75) is 173 Å². The SMILES string of the molecule is CC1(C)CC(Nc2cnc(-c3ccc(-n4ccnc4)cc3O)cn2)CC(C)(C)N1.CC1(C)CC(Nc2cnc(-c3ccc(-n4nccn4)cc3O)cn2)CC(C)(C)N1.COc1cc(-c2ccc(-c3cnc(NC4CC(C)(C)NC(C)(C)C4)cn3)c(O)c2)ncn1. The topological polar surface area (TPSA) is 294 Å². The number of methoxy groups -OCH3 is 1. The maximum Gasteiger partial charge on any atom is 0.216 e. The molecule has 23 heteroatoms. The Morgan fingerprint density at radius 1 is 0.444 bits per heavy atom. The summed E-state index contributed by atoms with van der Waals surface area (Å²) in [4.78, 5) is 40.9. The second-order valence-electron chi connectivity index (χ2n) is 27.7. The van der Waals surface area contributed by atoms with E-state index in [1.54, 1.807) is 99.5 Å². The number of nitrogens with one attached hydrogen (secondary N) is 6. The molecule has 0 spiro atoms. The van der Waals surface area contributed by atoms with Crippen LogP contribution in [-0.2, 0) is 0 Å². The van der Waals surface area contributed by atoms with Crippen LogP contribution in [0.5, 0.6) is 23.1 Å². The van der Waals surface area contributed by atoms with Crippen LogP contribution in [-0.4, -0.2) is 138 Å². The van der Waals surface area contributed by atoms with Gasteiger partial charge in [0, 0.05) is 104 Å². The highest BCUT2D eigenvalue weighted by molar-refractivity contribution is 5.73. The molecular weight excluding hydrogens is 1130 g/mol. The first-order chi connectivity index (χ1) is 42.6. The Labute approximate surface area is 526 Å². The lowest BCUT2D eigenvalue weighted by molar-refractivity contribution is 0.170. The quantitative estimate of drug-likeness (QED) is 0.0518. The van der Waals surface area contributed by atoms with Gasteiger partial charge in [-0.05, 0) is 158 Å². The predicted octanol–water partition coefficient (Wildman–Crippen LogP) is 10.9. The summed E-state index contributed by atoms with van der Waals surface area (Å²) in [6.45, 7) is 26.7. The summed E-state index contributed by atoms with van der Waals surface area (Å²) in [6.07, 6.45) is 26.1. The van der Waals surface area contributed by atoms with Gasteiger partial charge in [0.15, 0.2) is 0 Å². The van der Waals surface area contributed by atoms with Gasteiger partial charge in [-0.2, -0.15) is 15.0 Å². The average Bonchev–Trinajstić information content (AvgIpc) is 1.04.